The molecular formula is C22H24N2O2. The van der Waals surface area contributed by atoms with Crippen LogP contribution in [0, 0.1) is 13.8 Å². The van der Waals surface area contributed by atoms with Gasteiger partial charge in [-0.2, -0.15) is 0 Å². The number of carbonyl (C=O) groups is 1. The van der Waals surface area contributed by atoms with Gasteiger partial charge in [0.05, 0.1) is 19.4 Å². The third kappa shape index (κ3) is 5.33. The van der Waals surface area contributed by atoms with E-state index >= 15 is 0 Å². The Morgan fingerprint density at radius 2 is 1.69 bits per heavy atom. The molecule has 0 radical (unpaired) electrons. The van der Waals surface area contributed by atoms with Crippen molar-refractivity contribution in [2.45, 2.75) is 26.9 Å². The lowest BCUT2D eigenvalue weighted by Crippen LogP contribution is -2.32. The van der Waals surface area contributed by atoms with Gasteiger partial charge < -0.3 is 9.73 Å². The zero-order valence-electron chi connectivity index (χ0n) is 15.2. The Labute approximate surface area is 154 Å². The highest BCUT2D eigenvalue weighted by molar-refractivity contribution is 5.92. The van der Waals surface area contributed by atoms with Crippen LogP contribution in [0.4, 0.5) is 5.69 Å². The average Bonchev–Trinajstić information content (AvgIpc) is 3.07. The van der Waals surface area contributed by atoms with Crippen molar-refractivity contribution < 1.29 is 9.21 Å². The van der Waals surface area contributed by atoms with E-state index in [1.807, 2.05) is 56.3 Å². The Balaban J connectivity index is 1.68. The highest BCUT2D eigenvalue weighted by Gasteiger charge is 2.14. The molecule has 4 nitrogen and oxygen atoms in total. The molecule has 0 atom stereocenters. The van der Waals surface area contributed by atoms with Gasteiger partial charge in [-0.3, -0.25) is 9.69 Å². The molecular weight excluding hydrogens is 324 g/mol. The molecule has 1 amide bonds. The fraction of sp³-hybridized carbons (Fsp3) is 0.227. The predicted octanol–water partition coefficient (Wildman–Crippen LogP) is 4.54. The molecule has 0 unspecified atom stereocenters. The van der Waals surface area contributed by atoms with Gasteiger partial charge in [0.2, 0.25) is 5.91 Å². The van der Waals surface area contributed by atoms with Crippen LogP contribution >= 0.6 is 0 Å². The van der Waals surface area contributed by atoms with E-state index in [9.17, 15) is 4.79 Å². The zero-order chi connectivity index (χ0) is 18.4. The number of nitrogens with zero attached hydrogens (tertiary/aromatic N) is 1. The van der Waals surface area contributed by atoms with E-state index in [4.69, 9.17) is 4.42 Å². The first-order valence-electron chi connectivity index (χ1n) is 8.75. The van der Waals surface area contributed by atoms with Crippen molar-refractivity contribution in [1.82, 2.24) is 4.90 Å². The summed E-state index contributed by atoms with van der Waals surface area (Å²) in [5.74, 6) is 0.817. The van der Waals surface area contributed by atoms with E-state index in [1.165, 1.54) is 5.56 Å². The predicted molar refractivity (Wildman–Crippen MR) is 104 cm³/mol. The van der Waals surface area contributed by atoms with E-state index in [0.29, 0.717) is 19.6 Å². The minimum absolute atomic E-state index is 0.0301. The summed E-state index contributed by atoms with van der Waals surface area (Å²) in [5.41, 5.74) is 4.28. The molecule has 1 aromatic heterocycles. The fourth-order valence-corrected chi connectivity index (χ4v) is 3.08. The largest absolute Gasteiger partial charge is 0.468 e. The molecule has 3 rings (SSSR count). The van der Waals surface area contributed by atoms with E-state index in [2.05, 4.69) is 28.4 Å². The Kier molecular flexibility index (Phi) is 5.87. The van der Waals surface area contributed by atoms with Crippen molar-refractivity contribution >= 4 is 11.6 Å². The lowest BCUT2D eigenvalue weighted by Gasteiger charge is -2.21. The summed E-state index contributed by atoms with van der Waals surface area (Å²) in [4.78, 5) is 14.7. The summed E-state index contributed by atoms with van der Waals surface area (Å²) in [6, 6.07) is 20.0. The summed E-state index contributed by atoms with van der Waals surface area (Å²) in [5, 5.41) is 3.01. The molecule has 0 aliphatic heterocycles. The van der Waals surface area contributed by atoms with E-state index in [-0.39, 0.29) is 5.91 Å². The van der Waals surface area contributed by atoms with Crippen molar-refractivity contribution in [3.63, 3.8) is 0 Å². The Morgan fingerprint density at radius 1 is 0.962 bits per heavy atom. The molecule has 4 heteroatoms. The minimum Gasteiger partial charge on any atom is -0.468 e. The van der Waals surface area contributed by atoms with Gasteiger partial charge in [-0.15, -0.1) is 0 Å². The van der Waals surface area contributed by atoms with Crippen LogP contribution in [-0.2, 0) is 17.9 Å². The Morgan fingerprint density at radius 3 is 2.35 bits per heavy atom. The molecule has 134 valence electrons. The third-order valence-corrected chi connectivity index (χ3v) is 4.08. The Bertz CT molecular complexity index is 822. The van der Waals surface area contributed by atoms with Gasteiger partial charge in [0, 0.05) is 12.2 Å². The number of aryl methyl sites for hydroxylation is 2. The average molecular weight is 348 g/mol. The quantitative estimate of drug-likeness (QED) is 0.682. The first-order chi connectivity index (χ1) is 12.6. The van der Waals surface area contributed by atoms with Gasteiger partial charge in [0.25, 0.3) is 0 Å². The molecule has 0 saturated heterocycles. The van der Waals surface area contributed by atoms with Crippen molar-refractivity contribution in [1.29, 1.82) is 0 Å². The molecule has 0 aliphatic carbocycles. The van der Waals surface area contributed by atoms with Gasteiger partial charge >= 0.3 is 0 Å². The molecule has 2 aromatic carbocycles. The standard InChI is InChI=1S/C22H24N2O2/c1-17-11-18(2)13-20(12-17)23-22(25)16-24(15-21-9-6-10-26-21)14-19-7-4-3-5-8-19/h3-13H,14-16H2,1-2H3,(H,23,25). The van der Waals surface area contributed by atoms with E-state index < -0.39 is 0 Å². The number of nitrogens with one attached hydrogen (secondary N) is 1. The summed E-state index contributed by atoms with van der Waals surface area (Å²) in [6.07, 6.45) is 1.66. The van der Waals surface area contributed by atoms with Gasteiger partial charge in [0.1, 0.15) is 5.76 Å². The van der Waals surface area contributed by atoms with Gasteiger partial charge in [0.15, 0.2) is 0 Å². The smallest absolute Gasteiger partial charge is 0.238 e. The first kappa shape index (κ1) is 18.0. The first-order valence-corrected chi connectivity index (χ1v) is 8.75. The van der Waals surface area contributed by atoms with Crippen molar-refractivity contribution in [2.24, 2.45) is 0 Å². The highest BCUT2D eigenvalue weighted by Crippen LogP contribution is 2.15. The van der Waals surface area contributed by atoms with Crippen molar-refractivity contribution in [2.75, 3.05) is 11.9 Å². The van der Waals surface area contributed by atoms with E-state index in [0.717, 1.165) is 22.6 Å². The maximum Gasteiger partial charge on any atom is 0.238 e. The number of carbonyl (C=O) groups excluding carboxylic acids is 1. The zero-order valence-corrected chi connectivity index (χ0v) is 15.2. The summed E-state index contributed by atoms with van der Waals surface area (Å²) in [7, 11) is 0. The van der Waals surface area contributed by atoms with Crippen LogP contribution in [0.5, 0.6) is 0 Å². The normalized spacial score (nSPS) is 10.9. The maximum atomic E-state index is 12.6. The summed E-state index contributed by atoms with van der Waals surface area (Å²) >= 11 is 0. The number of anilines is 1. The molecule has 1 heterocycles. The molecule has 0 fully saturated rings. The second kappa shape index (κ2) is 8.50. The molecule has 0 spiro atoms. The van der Waals surface area contributed by atoms with Crippen LogP contribution in [0.1, 0.15) is 22.5 Å². The monoisotopic (exact) mass is 348 g/mol. The highest BCUT2D eigenvalue weighted by atomic mass is 16.3. The van der Waals surface area contributed by atoms with Crippen molar-refractivity contribution in [3.8, 4) is 0 Å². The SMILES string of the molecule is Cc1cc(C)cc(NC(=O)CN(Cc2ccccc2)Cc2ccco2)c1. The van der Waals surface area contributed by atoms with Crippen LogP contribution in [0.25, 0.3) is 0 Å². The molecule has 0 saturated carbocycles. The molecule has 1 N–H and O–H groups in total. The topological polar surface area (TPSA) is 45.5 Å². The molecule has 0 aliphatic rings. The molecule has 26 heavy (non-hydrogen) atoms. The second-order valence-corrected chi connectivity index (χ2v) is 6.63. The molecule has 0 bridgehead atoms. The lowest BCUT2D eigenvalue weighted by atomic mass is 10.1. The van der Waals surface area contributed by atoms with E-state index in [1.54, 1.807) is 6.26 Å². The number of benzene rings is 2. The number of amides is 1. The van der Waals surface area contributed by atoms with Crippen LogP contribution < -0.4 is 5.32 Å². The second-order valence-electron chi connectivity index (χ2n) is 6.63. The van der Waals surface area contributed by atoms with Gasteiger partial charge in [-0.25, -0.2) is 0 Å². The van der Waals surface area contributed by atoms with Gasteiger partial charge in [-0.1, -0.05) is 36.4 Å². The van der Waals surface area contributed by atoms with Crippen LogP contribution in [0.2, 0.25) is 0 Å². The van der Waals surface area contributed by atoms with Gasteiger partial charge in [-0.05, 0) is 54.8 Å². The van der Waals surface area contributed by atoms with Crippen LogP contribution in [0.3, 0.4) is 0 Å². The minimum atomic E-state index is -0.0301. The number of hydrogen-bond donors (Lipinski definition) is 1. The summed E-state index contributed by atoms with van der Waals surface area (Å²) in [6.45, 7) is 5.62. The number of furan rings is 1. The lowest BCUT2D eigenvalue weighted by molar-refractivity contribution is -0.117. The van der Waals surface area contributed by atoms with Crippen LogP contribution in [-0.4, -0.2) is 17.4 Å². The molecule has 3 aromatic rings. The Hall–Kier alpha value is -2.85. The van der Waals surface area contributed by atoms with Crippen LogP contribution in [0.15, 0.2) is 71.3 Å². The van der Waals surface area contributed by atoms with Crippen molar-refractivity contribution in [3.05, 3.63) is 89.4 Å². The fourth-order valence-electron chi connectivity index (χ4n) is 3.08. The number of rotatable bonds is 7. The summed E-state index contributed by atoms with van der Waals surface area (Å²) < 4.78 is 5.46. The third-order valence-electron chi connectivity index (χ3n) is 4.08. The maximum absolute atomic E-state index is 12.6. The number of hydrogen-bond acceptors (Lipinski definition) is 3.